The molecule has 0 spiro atoms. The van der Waals surface area contributed by atoms with Crippen LogP contribution in [0, 0.1) is 5.92 Å². The van der Waals surface area contributed by atoms with Gasteiger partial charge in [0.25, 0.3) is 5.56 Å². The Kier molecular flexibility index (Phi) is 5.10. The molecule has 1 atom stereocenters. The Morgan fingerprint density at radius 3 is 3.04 bits per heavy atom. The summed E-state index contributed by atoms with van der Waals surface area (Å²) in [4.78, 5) is 33.3. The van der Waals surface area contributed by atoms with E-state index in [2.05, 4.69) is 15.3 Å². The smallest absolute Gasteiger partial charge is 0.317 e. The highest BCUT2D eigenvalue weighted by molar-refractivity contribution is 5.77. The van der Waals surface area contributed by atoms with E-state index in [9.17, 15) is 9.59 Å². The maximum atomic E-state index is 12.3. The molecule has 7 heteroatoms. The van der Waals surface area contributed by atoms with Gasteiger partial charge in [-0.2, -0.15) is 0 Å². The third-order valence-electron chi connectivity index (χ3n) is 4.24. The lowest BCUT2D eigenvalue weighted by Crippen LogP contribution is -2.42. The number of aromatic amines is 1. The first-order valence-electron chi connectivity index (χ1n) is 8.26. The molecule has 2 heterocycles. The lowest BCUT2D eigenvalue weighted by atomic mass is 10.1. The van der Waals surface area contributed by atoms with Gasteiger partial charge >= 0.3 is 6.03 Å². The van der Waals surface area contributed by atoms with Crippen LogP contribution in [0.1, 0.15) is 19.2 Å². The molecule has 0 aliphatic carbocycles. The lowest BCUT2D eigenvalue weighted by molar-refractivity contribution is 0.180. The Labute approximate surface area is 140 Å². The van der Waals surface area contributed by atoms with Crippen LogP contribution >= 0.6 is 0 Å². The van der Waals surface area contributed by atoms with Crippen LogP contribution in [-0.4, -0.2) is 47.2 Å². The Morgan fingerprint density at radius 2 is 2.29 bits per heavy atom. The molecule has 1 saturated heterocycles. The Hall–Kier alpha value is -2.41. The first-order chi connectivity index (χ1) is 11.7. The van der Waals surface area contributed by atoms with Gasteiger partial charge < -0.3 is 19.9 Å². The van der Waals surface area contributed by atoms with Gasteiger partial charge in [-0.3, -0.25) is 4.79 Å². The third kappa shape index (κ3) is 3.73. The highest BCUT2D eigenvalue weighted by atomic mass is 16.5. The van der Waals surface area contributed by atoms with Crippen LogP contribution in [0.15, 0.2) is 29.1 Å². The largest absolute Gasteiger partial charge is 0.381 e. The van der Waals surface area contributed by atoms with Crippen molar-refractivity contribution in [3.05, 3.63) is 40.4 Å². The molecule has 2 aromatic rings. The van der Waals surface area contributed by atoms with Crippen molar-refractivity contribution in [2.45, 2.75) is 19.9 Å². The van der Waals surface area contributed by atoms with Crippen molar-refractivity contribution in [1.29, 1.82) is 0 Å². The number of para-hydroxylation sites is 1. The minimum absolute atomic E-state index is 0.153. The number of urea groups is 1. The maximum absolute atomic E-state index is 12.3. The zero-order valence-corrected chi connectivity index (χ0v) is 13.7. The summed E-state index contributed by atoms with van der Waals surface area (Å²) < 4.78 is 5.31. The molecule has 0 saturated carbocycles. The average molecular weight is 330 g/mol. The van der Waals surface area contributed by atoms with Gasteiger partial charge in [0.2, 0.25) is 0 Å². The van der Waals surface area contributed by atoms with Crippen LogP contribution in [0.2, 0.25) is 0 Å². The second kappa shape index (κ2) is 7.44. The summed E-state index contributed by atoms with van der Waals surface area (Å²) >= 11 is 0. The summed E-state index contributed by atoms with van der Waals surface area (Å²) in [6, 6.07) is 7.02. The molecule has 1 aromatic heterocycles. The molecular weight excluding hydrogens is 308 g/mol. The van der Waals surface area contributed by atoms with Crippen LogP contribution in [0.3, 0.4) is 0 Å². The number of amides is 2. The number of carbonyl (C=O) groups is 1. The molecule has 1 fully saturated rings. The second-order valence-corrected chi connectivity index (χ2v) is 5.96. The number of fused-ring (bicyclic) bond motifs is 1. The number of aromatic nitrogens is 2. The summed E-state index contributed by atoms with van der Waals surface area (Å²) in [6.45, 7) is 4.77. The minimum atomic E-state index is -0.185. The molecule has 2 amide bonds. The number of hydrogen-bond donors (Lipinski definition) is 2. The second-order valence-electron chi connectivity index (χ2n) is 5.96. The van der Waals surface area contributed by atoms with E-state index in [0.29, 0.717) is 42.3 Å². The van der Waals surface area contributed by atoms with Crippen molar-refractivity contribution in [1.82, 2.24) is 20.2 Å². The minimum Gasteiger partial charge on any atom is -0.381 e. The molecule has 7 nitrogen and oxygen atoms in total. The van der Waals surface area contributed by atoms with Gasteiger partial charge in [0.15, 0.2) is 0 Å². The fraction of sp³-hybridized carbons (Fsp3) is 0.471. The molecule has 0 radical (unpaired) electrons. The molecule has 128 valence electrons. The molecule has 0 unspecified atom stereocenters. The predicted molar refractivity (Wildman–Crippen MR) is 90.8 cm³/mol. The van der Waals surface area contributed by atoms with Crippen molar-refractivity contribution in [3.8, 4) is 0 Å². The van der Waals surface area contributed by atoms with Gasteiger partial charge in [0, 0.05) is 25.6 Å². The molecule has 0 bridgehead atoms. The lowest BCUT2D eigenvalue weighted by Gasteiger charge is -2.21. The quantitative estimate of drug-likeness (QED) is 0.869. The van der Waals surface area contributed by atoms with Crippen molar-refractivity contribution >= 4 is 16.9 Å². The fourth-order valence-corrected chi connectivity index (χ4v) is 2.81. The molecule has 1 aliphatic heterocycles. The third-order valence-corrected chi connectivity index (χ3v) is 4.24. The van der Waals surface area contributed by atoms with Crippen molar-refractivity contribution in [3.63, 3.8) is 0 Å². The van der Waals surface area contributed by atoms with E-state index < -0.39 is 0 Å². The van der Waals surface area contributed by atoms with Crippen LogP contribution in [0.5, 0.6) is 0 Å². The van der Waals surface area contributed by atoms with Gasteiger partial charge in [0.1, 0.15) is 5.82 Å². The predicted octanol–water partition coefficient (Wildman–Crippen LogP) is 1.49. The molecule has 2 N–H and O–H groups in total. The number of rotatable bonds is 5. The molecular formula is C17H22N4O3. The summed E-state index contributed by atoms with van der Waals surface area (Å²) in [6.07, 6.45) is 0.978. The van der Waals surface area contributed by atoms with Crippen LogP contribution in [0.4, 0.5) is 4.79 Å². The summed E-state index contributed by atoms with van der Waals surface area (Å²) in [5, 5.41) is 3.49. The van der Waals surface area contributed by atoms with E-state index in [-0.39, 0.29) is 18.1 Å². The monoisotopic (exact) mass is 330 g/mol. The van der Waals surface area contributed by atoms with Gasteiger partial charge in [-0.05, 0) is 25.5 Å². The highest BCUT2D eigenvalue weighted by Crippen LogP contribution is 2.11. The normalized spacial score (nSPS) is 17.1. The van der Waals surface area contributed by atoms with Gasteiger partial charge in [0.05, 0.1) is 24.1 Å². The Balaban J connectivity index is 1.68. The number of ether oxygens (including phenoxy) is 1. The van der Waals surface area contributed by atoms with Crippen molar-refractivity contribution in [2.75, 3.05) is 26.3 Å². The molecule has 24 heavy (non-hydrogen) atoms. The highest BCUT2D eigenvalue weighted by Gasteiger charge is 2.19. The number of H-pyrrole nitrogens is 1. The summed E-state index contributed by atoms with van der Waals surface area (Å²) in [5.41, 5.74) is 0.450. The van der Waals surface area contributed by atoms with Crippen molar-refractivity contribution < 1.29 is 9.53 Å². The van der Waals surface area contributed by atoms with Crippen molar-refractivity contribution in [2.24, 2.45) is 5.92 Å². The first-order valence-corrected chi connectivity index (χ1v) is 8.26. The number of benzene rings is 1. The van der Waals surface area contributed by atoms with E-state index in [1.807, 2.05) is 13.0 Å². The van der Waals surface area contributed by atoms with Crippen LogP contribution < -0.4 is 10.9 Å². The van der Waals surface area contributed by atoms with E-state index >= 15 is 0 Å². The van der Waals surface area contributed by atoms with Gasteiger partial charge in [-0.15, -0.1) is 0 Å². The first kappa shape index (κ1) is 16.4. The number of nitrogens with one attached hydrogen (secondary N) is 2. The zero-order valence-electron chi connectivity index (χ0n) is 13.7. The molecule has 1 aliphatic rings. The molecule has 3 rings (SSSR count). The summed E-state index contributed by atoms with van der Waals surface area (Å²) in [5.74, 6) is 0.867. The topological polar surface area (TPSA) is 87.3 Å². The molecule has 1 aromatic carbocycles. The van der Waals surface area contributed by atoms with E-state index in [4.69, 9.17) is 4.74 Å². The zero-order chi connectivity index (χ0) is 16.9. The maximum Gasteiger partial charge on any atom is 0.317 e. The standard InChI is InChI=1S/C17H22N4O3/c1-2-21(17(23)18-9-12-7-8-24-11-12)10-15-19-14-6-4-3-5-13(14)16(22)20-15/h3-6,12H,2,7-11H2,1H3,(H,18,23)(H,19,20,22)/t12-/m1/s1. The average Bonchev–Trinajstić information content (AvgIpc) is 3.11. The van der Waals surface area contributed by atoms with Crippen LogP contribution in [-0.2, 0) is 11.3 Å². The Morgan fingerprint density at radius 1 is 1.46 bits per heavy atom. The van der Waals surface area contributed by atoms with Gasteiger partial charge in [-0.25, -0.2) is 9.78 Å². The van der Waals surface area contributed by atoms with E-state index in [1.165, 1.54) is 0 Å². The number of carbonyl (C=O) groups excluding carboxylic acids is 1. The van der Waals surface area contributed by atoms with E-state index in [0.717, 1.165) is 13.0 Å². The Bertz CT molecular complexity index is 768. The van der Waals surface area contributed by atoms with E-state index in [1.54, 1.807) is 23.1 Å². The number of nitrogens with zero attached hydrogens (tertiary/aromatic N) is 2. The van der Waals surface area contributed by atoms with Crippen LogP contribution in [0.25, 0.3) is 10.9 Å². The fourth-order valence-electron chi connectivity index (χ4n) is 2.81. The number of hydrogen-bond acceptors (Lipinski definition) is 4. The van der Waals surface area contributed by atoms with Gasteiger partial charge in [-0.1, -0.05) is 12.1 Å². The summed E-state index contributed by atoms with van der Waals surface area (Å²) in [7, 11) is 0. The SMILES string of the molecule is CCN(Cc1nc2ccccc2c(=O)[nH]1)C(=O)NC[C@H]1CCOC1.